The van der Waals surface area contributed by atoms with Crippen LogP contribution in [0.1, 0.15) is 18.9 Å². The van der Waals surface area contributed by atoms with Gasteiger partial charge in [-0.3, -0.25) is 4.57 Å². The summed E-state index contributed by atoms with van der Waals surface area (Å²) in [5.74, 6) is 0.523. The zero-order valence-electron chi connectivity index (χ0n) is 10.9. The van der Waals surface area contributed by atoms with Crippen molar-refractivity contribution in [3.63, 3.8) is 0 Å². The molecule has 2 rings (SSSR count). The lowest BCUT2D eigenvalue weighted by molar-refractivity contribution is 0.559. The maximum absolute atomic E-state index is 11.5. The topological polar surface area (TPSA) is 90.9 Å². The number of benzene rings is 1. The van der Waals surface area contributed by atoms with Crippen LogP contribution in [-0.4, -0.2) is 23.2 Å². The summed E-state index contributed by atoms with van der Waals surface area (Å²) in [6, 6.07) is 7.66. The number of hydrogen-bond acceptors (Lipinski definition) is 4. The van der Waals surface area contributed by atoms with Crippen LogP contribution in [-0.2, 0) is 16.6 Å². The maximum Gasteiger partial charge on any atom is 0.273 e. The van der Waals surface area contributed by atoms with E-state index >= 15 is 0 Å². The molecule has 6 nitrogen and oxygen atoms in total. The Morgan fingerprint density at radius 2 is 2.05 bits per heavy atom. The number of nitrogens with zero attached hydrogens (tertiary/aromatic N) is 3. The second-order valence-electron chi connectivity index (χ2n) is 4.37. The normalized spacial score (nSPS) is 11.7. The maximum atomic E-state index is 11.5. The molecule has 0 atom stereocenters. The van der Waals surface area contributed by atoms with Crippen molar-refractivity contribution in [3.8, 4) is 11.4 Å². The number of aromatic nitrogens is 3. The molecule has 1 aromatic heterocycles. The summed E-state index contributed by atoms with van der Waals surface area (Å²) in [5, 5.41) is 12.6. The first-order valence-electron chi connectivity index (χ1n) is 5.96. The van der Waals surface area contributed by atoms with Crippen molar-refractivity contribution in [3.05, 3.63) is 29.8 Å². The summed E-state index contributed by atoms with van der Waals surface area (Å²) < 4.78 is 24.5. The van der Waals surface area contributed by atoms with E-state index < -0.39 is 10.0 Å². The Balaban J connectivity index is 2.62. The Kier molecular flexibility index (Phi) is 3.68. The van der Waals surface area contributed by atoms with Gasteiger partial charge in [0, 0.05) is 12.1 Å². The van der Waals surface area contributed by atoms with Gasteiger partial charge in [-0.1, -0.05) is 30.7 Å². The van der Waals surface area contributed by atoms with Gasteiger partial charge in [-0.2, -0.15) is 0 Å². The van der Waals surface area contributed by atoms with Crippen molar-refractivity contribution in [2.75, 3.05) is 0 Å². The first-order valence-corrected chi connectivity index (χ1v) is 7.51. The molecule has 19 heavy (non-hydrogen) atoms. The minimum atomic E-state index is -3.86. The Hall–Kier alpha value is -1.73. The Labute approximate surface area is 112 Å². The lowest BCUT2D eigenvalue weighted by Gasteiger charge is -2.08. The molecular weight excluding hydrogens is 264 g/mol. The molecule has 0 fully saturated rings. The minimum Gasteiger partial charge on any atom is -0.297 e. The predicted molar refractivity (Wildman–Crippen MR) is 71.9 cm³/mol. The predicted octanol–water partition coefficient (Wildman–Crippen LogP) is 1.31. The van der Waals surface area contributed by atoms with Crippen LogP contribution in [0.15, 0.2) is 29.4 Å². The minimum absolute atomic E-state index is 0.189. The highest BCUT2D eigenvalue weighted by molar-refractivity contribution is 7.89. The molecule has 0 saturated carbocycles. The van der Waals surface area contributed by atoms with Gasteiger partial charge in [0.2, 0.25) is 0 Å². The SMILES string of the molecule is CCCn1c(-c2cccc(C)c2)nnc1S(N)(=O)=O. The molecule has 1 heterocycles. The first kappa shape index (κ1) is 13.7. The molecule has 0 aliphatic heterocycles. The average molecular weight is 280 g/mol. The summed E-state index contributed by atoms with van der Waals surface area (Å²) in [6.07, 6.45) is 0.763. The van der Waals surface area contributed by atoms with Gasteiger partial charge in [-0.05, 0) is 19.4 Å². The quantitative estimate of drug-likeness (QED) is 0.914. The largest absolute Gasteiger partial charge is 0.297 e. The number of sulfonamides is 1. The van der Waals surface area contributed by atoms with Gasteiger partial charge in [-0.25, -0.2) is 13.6 Å². The van der Waals surface area contributed by atoms with Crippen LogP contribution in [0.25, 0.3) is 11.4 Å². The van der Waals surface area contributed by atoms with E-state index in [0.29, 0.717) is 12.4 Å². The smallest absolute Gasteiger partial charge is 0.273 e. The molecule has 102 valence electrons. The molecule has 1 aromatic carbocycles. The van der Waals surface area contributed by atoms with Gasteiger partial charge in [0.05, 0.1) is 0 Å². The van der Waals surface area contributed by atoms with Crippen LogP contribution in [0.5, 0.6) is 0 Å². The third kappa shape index (κ3) is 2.82. The third-order valence-electron chi connectivity index (χ3n) is 2.69. The molecule has 0 bridgehead atoms. The zero-order valence-corrected chi connectivity index (χ0v) is 11.7. The van der Waals surface area contributed by atoms with Crippen molar-refractivity contribution in [2.24, 2.45) is 5.14 Å². The summed E-state index contributed by atoms with van der Waals surface area (Å²) in [4.78, 5) is 0. The van der Waals surface area contributed by atoms with E-state index in [1.54, 1.807) is 4.57 Å². The van der Waals surface area contributed by atoms with Crippen molar-refractivity contribution >= 4 is 10.0 Å². The number of aryl methyl sites for hydroxylation is 1. The average Bonchev–Trinajstić information content (AvgIpc) is 2.73. The number of nitrogens with two attached hydrogens (primary N) is 1. The molecule has 0 aliphatic carbocycles. The Bertz CT molecular complexity index is 692. The van der Waals surface area contributed by atoms with E-state index in [-0.39, 0.29) is 5.16 Å². The van der Waals surface area contributed by atoms with E-state index in [1.165, 1.54) is 0 Å². The molecule has 0 saturated heterocycles. The number of hydrogen-bond donors (Lipinski definition) is 1. The van der Waals surface area contributed by atoms with Gasteiger partial charge in [0.1, 0.15) is 0 Å². The molecule has 2 N–H and O–H groups in total. The van der Waals surface area contributed by atoms with Crippen LogP contribution in [0, 0.1) is 6.92 Å². The molecular formula is C12H16N4O2S. The second-order valence-corrected chi connectivity index (χ2v) is 5.83. The van der Waals surface area contributed by atoms with E-state index in [4.69, 9.17) is 5.14 Å². The first-order chi connectivity index (χ1) is 8.93. The molecule has 0 amide bonds. The van der Waals surface area contributed by atoms with Crippen molar-refractivity contribution in [2.45, 2.75) is 32.0 Å². The fourth-order valence-electron chi connectivity index (χ4n) is 1.92. The van der Waals surface area contributed by atoms with Gasteiger partial charge < -0.3 is 0 Å². The summed E-state index contributed by atoms with van der Waals surface area (Å²) >= 11 is 0. The Morgan fingerprint density at radius 3 is 2.63 bits per heavy atom. The lowest BCUT2D eigenvalue weighted by Crippen LogP contribution is -2.19. The van der Waals surface area contributed by atoms with Crippen LogP contribution in [0.4, 0.5) is 0 Å². The zero-order chi connectivity index (χ0) is 14.0. The molecule has 2 aromatic rings. The molecule has 0 aliphatic rings. The summed E-state index contributed by atoms with van der Waals surface area (Å²) in [6.45, 7) is 4.42. The number of primary sulfonamides is 1. The third-order valence-corrected chi connectivity index (χ3v) is 3.51. The molecule has 0 unspecified atom stereocenters. The van der Waals surface area contributed by atoms with E-state index in [2.05, 4.69) is 10.2 Å². The molecule has 0 radical (unpaired) electrons. The van der Waals surface area contributed by atoms with Crippen molar-refractivity contribution in [1.29, 1.82) is 0 Å². The van der Waals surface area contributed by atoms with Crippen LogP contribution < -0.4 is 5.14 Å². The molecule has 0 spiro atoms. The fraction of sp³-hybridized carbons (Fsp3) is 0.333. The van der Waals surface area contributed by atoms with E-state index in [9.17, 15) is 8.42 Å². The highest BCUT2D eigenvalue weighted by atomic mass is 32.2. The number of rotatable bonds is 4. The summed E-state index contributed by atoms with van der Waals surface area (Å²) in [5.41, 5.74) is 1.90. The van der Waals surface area contributed by atoms with Crippen LogP contribution in [0.3, 0.4) is 0 Å². The van der Waals surface area contributed by atoms with Crippen LogP contribution >= 0.6 is 0 Å². The standard InChI is InChI=1S/C12H16N4O2S/c1-3-7-16-11(10-6-4-5-9(2)8-10)14-15-12(16)19(13,17)18/h4-6,8H,3,7H2,1-2H3,(H2,13,17,18). The monoisotopic (exact) mass is 280 g/mol. The Morgan fingerprint density at radius 1 is 1.32 bits per heavy atom. The highest BCUT2D eigenvalue weighted by Gasteiger charge is 2.21. The lowest BCUT2D eigenvalue weighted by atomic mass is 10.1. The van der Waals surface area contributed by atoms with Crippen molar-refractivity contribution < 1.29 is 8.42 Å². The van der Waals surface area contributed by atoms with E-state index in [1.807, 2.05) is 38.1 Å². The van der Waals surface area contributed by atoms with Crippen LogP contribution in [0.2, 0.25) is 0 Å². The van der Waals surface area contributed by atoms with Gasteiger partial charge in [0.15, 0.2) is 5.82 Å². The second kappa shape index (κ2) is 5.10. The van der Waals surface area contributed by atoms with Gasteiger partial charge in [-0.15, -0.1) is 10.2 Å². The van der Waals surface area contributed by atoms with Crippen molar-refractivity contribution in [1.82, 2.24) is 14.8 Å². The summed E-state index contributed by atoms with van der Waals surface area (Å²) in [7, 11) is -3.86. The fourth-order valence-corrected chi connectivity index (χ4v) is 2.56. The van der Waals surface area contributed by atoms with Gasteiger partial charge >= 0.3 is 0 Å². The molecule has 7 heteroatoms. The van der Waals surface area contributed by atoms with E-state index in [0.717, 1.165) is 17.5 Å². The highest BCUT2D eigenvalue weighted by Crippen LogP contribution is 2.21. The van der Waals surface area contributed by atoms with Gasteiger partial charge in [0.25, 0.3) is 15.2 Å².